The van der Waals surface area contributed by atoms with E-state index in [4.69, 9.17) is 13.8 Å². The summed E-state index contributed by atoms with van der Waals surface area (Å²) in [5, 5.41) is 5.03. The van der Waals surface area contributed by atoms with Gasteiger partial charge >= 0.3 is 0 Å². The van der Waals surface area contributed by atoms with Crippen molar-refractivity contribution in [1.82, 2.24) is 19.9 Å². The normalized spacial score (nSPS) is 25.2. The fourth-order valence-corrected chi connectivity index (χ4v) is 6.57. The molecule has 0 aliphatic carbocycles. The third-order valence-electron chi connectivity index (χ3n) is 7.57. The number of hydrogen-bond acceptors (Lipinski definition) is 10. The predicted molar refractivity (Wildman–Crippen MR) is 151 cm³/mol. The van der Waals surface area contributed by atoms with Crippen molar-refractivity contribution >= 4 is 44.0 Å². The average molecular weight is 561 g/mol. The molecule has 0 aromatic carbocycles. The molecule has 0 saturated carbocycles. The number of hydrogen-bond donors (Lipinski definition) is 1. The minimum absolute atomic E-state index is 0.0226. The number of fused-ring (bicyclic) bond motifs is 1. The molecule has 5 heterocycles. The van der Waals surface area contributed by atoms with E-state index in [1.54, 1.807) is 12.3 Å². The van der Waals surface area contributed by atoms with Crippen LogP contribution in [0.2, 0.25) is 0 Å². The summed E-state index contributed by atoms with van der Waals surface area (Å²) in [5.74, 6) is 2.22. The van der Waals surface area contributed by atoms with Crippen LogP contribution in [0.3, 0.4) is 0 Å². The average Bonchev–Trinajstić information content (AvgIpc) is 2.90. The first-order valence-electron chi connectivity index (χ1n) is 14.6. The van der Waals surface area contributed by atoms with Gasteiger partial charge < -0.3 is 19.9 Å². The number of methoxy groups -OCH3 is 1. The van der Waals surface area contributed by atoms with Gasteiger partial charge in [-0.05, 0) is 48.8 Å². The first-order valence-corrected chi connectivity index (χ1v) is 15.2. The number of sulfone groups is 1. The molecule has 3 aromatic rings. The Kier molecular flexibility index (Phi) is 6.58. The van der Waals surface area contributed by atoms with Crippen molar-refractivity contribution in [1.29, 1.82) is 0 Å². The number of pyridine rings is 2. The molecule has 3 aromatic heterocycles. The van der Waals surface area contributed by atoms with E-state index in [-0.39, 0.29) is 36.0 Å². The van der Waals surface area contributed by atoms with E-state index < -0.39 is 29.3 Å². The summed E-state index contributed by atoms with van der Waals surface area (Å²) in [4.78, 5) is 21.7. The van der Waals surface area contributed by atoms with Crippen LogP contribution in [0.15, 0.2) is 30.7 Å². The molecule has 2 aliphatic heterocycles. The Morgan fingerprint density at radius 3 is 2.74 bits per heavy atom. The highest BCUT2D eigenvalue weighted by Crippen LogP contribution is 2.38. The lowest BCUT2D eigenvalue weighted by Gasteiger charge is -2.47. The van der Waals surface area contributed by atoms with Gasteiger partial charge in [-0.3, -0.25) is 0 Å². The van der Waals surface area contributed by atoms with E-state index in [9.17, 15) is 12.8 Å². The predicted octanol–water partition coefficient (Wildman–Crippen LogP) is 4.07. The Hall–Kier alpha value is -3.12. The maximum absolute atomic E-state index is 14.7. The molecule has 0 spiro atoms. The summed E-state index contributed by atoms with van der Waals surface area (Å²) in [6, 6.07) is 3.60. The number of aromatic nitrogens is 4. The molecule has 4 atom stereocenters. The van der Waals surface area contributed by atoms with Crippen LogP contribution in [0.5, 0.6) is 0 Å². The molecule has 2 aliphatic rings. The molecule has 0 bridgehead atoms. The molecule has 1 N–H and O–H groups in total. The highest BCUT2D eigenvalue weighted by atomic mass is 32.2. The van der Waals surface area contributed by atoms with Crippen molar-refractivity contribution in [3.8, 4) is 0 Å². The van der Waals surface area contributed by atoms with E-state index in [2.05, 4.69) is 39.0 Å². The lowest BCUT2D eigenvalue weighted by Crippen LogP contribution is -2.57. The van der Waals surface area contributed by atoms with Crippen LogP contribution in [0.1, 0.15) is 49.2 Å². The van der Waals surface area contributed by atoms with Crippen LogP contribution in [-0.4, -0.2) is 78.9 Å². The van der Waals surface area contributed by atoms with Gasteiger partial charge in [-0.2, -0.15) is 4.98 Å². The maximum Gasteiger partial charge on any atom is 0.229 e. The zero-order valence-electron chi connectivity index (χ0n) is 25.5. The molecule has 0 amide bonds. The third kappa shape index (κ3) is 5.62. The van der Waals surface area contributed by atoms with E-state index in [1.165, 1.54) is 17.4 Å². The topological polar surface area (TPSA) is 113 Å². The van der Waals surface area contributed by atoms with Crippen LogP contribution < -0.4 is 15.1 Å². The lowest BCUT2D eigenvalue weighted by molar-refractivity contribution is 0.0120. The van der Waals surface area contributed by atoms with Gasteiger partial charge in [-0.15, -0.1) is 0 Å². The van der Waals surface area contributed by atoms with Crippen molar-refractivity contribution in [2.24, 2.45) is 5.92 Å². The summed E-state index contributed by atoms with van der Waals surface area (Å²) < 4.78 is 65.8. The second-order valence-corrected chi connectivity index (χ2v) is 13.0. The second kappa shape index (κ2) is 10.8. The first kappa shape index (κ1) is 23.7. The van der Waals surface area contributed by atoms with E-state index in [0.29, 0.717) is 31.1 Å². The molecule has 1 unspecified atom stereocenters. The number of piperidine rings is 1. The quantitative estimate of drug-likeness (QED) is 0.433. The van der Waals surface area contributed by atoms with Gasteiger partial charge in [0.05, 0.1) is 9.87 Å². The SMILES string of the molecule is [2H]C([2H])([2H])OC1[C@@H](F)CCCN1c1nccc(Nc2cc3c(C(C)C)cnc(N4C[C@H](CS(C)(=O)=O)[C@H]4C)c3cn2)n1. The number of rotatable bonds is 8. The fourth-order valence-electron chi connectivity index (χ4n) is 5.41. The Bertz CT molecular complexity index is 1560. The summed E-state index contributed by atoms with van der Waals surface area (Å²) in [7, 11) is -5.84. The fraction of sp³-hybridized carbons (Fsp3) is 0.556. The standard InChI is InChI=1S/C27H36FN7O3S/c1-16(2)20-12-31-25(35-14-18(17(35)3)15-39(5,36)37)21-13-30-24(11-19(20)21)32-23-8-9-29-27(33-23)34-10-6-7-22(28)26(34)38-4/h8-9,11-13,16-18,22,26H,6-7,10,14-15H2,1-5H3,(H,29,30,32,33)/t17-,18-,22+,26?/m1/s1/i4D3. The third-order valence-corrected chi connectivity index (χ3v) is 8.60. The molecule has 10 nitrogen and oxygen atoms in total. The summed E-state index contributed by atoms with van der Waals surface area (Å²) in [6.07, 6.45) is 4.28. The van der Waals surface area contributed by atoms with Gasteiger partial charge in [-0.25, -0.2) is 27.8 Å². The number of nitrogens with zero attached hydrogens (tertiary/aromatic N) is 6. The Morgan fingerprint density at radius 1 is 1.21 bits per heavy atom. The van der Waals surface area contributed by atoms with E-state index in [0.717, 1.165) is 22.2 Å². The molecule has 2 saturated heterocycles. The number of alkyl halides is 1. The van der Waals surface area contributed by atoms with Crippen molar-refractivity contribution in [3.63, 3.8) is 0 Å². The van der Waals surface area contributed by atoms with Crippen LogP contribution in [0.4, 0.5) is 27.8 Å². The van der Waals surface area contributed by atoms with Crippen LogP contribution in [0.25, 0.3) is 10.8 Å². The van der Waals surface area contributed by atoms with E-state index in [1.807, 2.05) is 19.2 Å². The first-order chi connectivity index (χ1) is 19.7. The number of nitrogens with one attached hydrogen (secondary N) is 1. The monoisotopic (exact) mass is 560 g/mol. The van der Waals surface area contributed by atoms with E-state index >= 15 is 0 Å². The molecule has 5 rings (SSSR count). The number of anilines is 4. The smallest absolute Gasteiger partial charge is 0.229 e. The maximum atomic E-state index is 14.7. The van der Waals surface area contributed by atoms with Crippen molar-refractivity contribution in [2.75, 3.05) is 47.3 Å². The largest absolute Gasteiger partial charge is 0.358 e. The Morgan fingerprint density at radius 2 is 2.03 bits per heavy atom. The minimum atomic E-state index is -3.07. The second-order valence-electron chi connectivity index (χ2n) is 10.8. The van der Waals surface area contributed by atoms with Crippen LogP contribution in [0, 0.1) is 5.92 Å². The molecular weight excluding hydrogens is 521 g/mol. The number of ether oxygens (including phenoxy) is 1. The van der Waals surface area contributed by atoms with Crippen LogP contribution in [-0.2, 0) is 14.6 Å². The van der Waals surface area contributed by atoms with Gasteiger partial charge in [0.2, 0.25) is 5.95 Å². The van der Waals surface area contributed by atoms with Gasteiger partial charge in [0.25, 0.3) is 0 Å². The highest BCUT2D eigenvalue weighted by molar-refractivity contribution is 7.90. The Labute approximate surface area is 233 Å². The summed E-state index contributed by atoms with van der Waals surface area (Å²) >= 11 is 0. The van der Waals surface area contributed by atoms with Gasteiger partial charge in [0, 0.05) is 62.3 Å². The van der Waals surface area contributed by atoms with Gasteiger partial charge in [0.1, 0.15) is 33.5 Å². The van der Waals surface area contributed by atoms with Gasteiger partial charge in [-0.1, -0.05) is 13.8 Å². The zero-order chi connectivity index (χ0) is 30.4. The summed E-state index contributed by atoms with van der Waals surface area (Å²) in [6.45, 7) is 7.14. The molecular formula is C27H36FN7O3S. The molecule has 210 valence electrons. The minimum Gasteiger partial charge on any atom is -0.358 e. The molecule has 12 heteroatoms. The van der Waals surface area contributed by atoms with Crippen LogP contribution >= 0.6 is 0 Å². The molecule has 39 heavy (non-hydrogen) atoms. The van der Waals surface area contributed by atoms with Crippen molar-refractivity contribution < 1.29 is 21.7 Å². The van der Waals surface area contributed by atoms with Crippen molar-refractivity contribution in [2.45, 2.75) is 58.0 Å². The van der Waals surface area contributed by atoms with Crippen molar-refractivity contribution in [3.05, 3.63) is 36.3 Å². The lowest BCUT2D eigenvalue weighted by atomic mass is 9.90. The molecule has 0 radical (unpaired) electrons. The molecule has 2 fully saturated rings. The highest BCUT2D eigenvalue weighted by Gasteiger charge is 2.39. The summed E-state index contributed by atoms with van der Waals surface area (Å²) in [5.41, 5.74) is 1.04. The van der Waals surface area contributed by atoms with Gasteiger partial charge in [0.15, 0.2) is 6.23 Å². The Balaban J connectivity index is 1.42. The number of halogens is 1. The zero-order valence-corrected chi connectivity index (χ0v) is 23.3.